The lowest BCUT2D eigenvalue weighted by Gasteiger charge is -2.15. The van der Waals surface area contributed by atoms with Gasteiger partial charge in [0.2, 0.25) is 0 Å². The van der Waals surface area contributed by atoms with Crippen LogP contribution in [-0.4, -0.2) is 36.2 Å². The molecule has 0 aliphatic carbocycles. The van der Waals surface area contributed by atoms with Crippen molar-refractivity contribution in [2.75, 3.05) is 13.2 Å². The van der Waals surface area contributed by atoms with E-state index in [0.29, 0.717) is 18.2 Å². The van der Waals surface area contributed by atoms with Crippen LogP contribution in [0.5, 0.6) is 0 Å². The van der Waals surface area contributed by atoms with Crippen molar-refractivity contribution in [2.45, 2.75) is 38.8 Å². The monoisotopic (exact) mass is 326 g/mol. The Balaban J connectivity index is 2.06. The van der Waals surface area contributed by atoms with Crippen LogP contribution in [0, 0.1) is 0 Å². The third kappa shape index (κ3) is 4.81. The lowest BCUT2D eigenvalue weighted by Crippen LogP contribution is -2.22. The van der Waals surface area contributed by atoms with E-state index in [2.05, 4.69) is 24.7 Å². The van der Waals surface area contributed by atoms with Crippen molar-refractivity contribution in [2.24, 2.45) is 0 Å². The first kappa shape index (κ1) is 16.5. The van der Waals surface area contributed by atoms with Crippen molar-refractivity contribution in [1.29, 1.82) is 0 Å². The van der Waals surface area contributed by atoms with Crippen LogP contribution in [0.4, 0.5) is 0 Å². The van der Waals surface area contributed by atoms with Gasteiger partial charge in [0.25, 0.3) is 0 Å². The average Bonchev–Trinajstić information content (AvgIpc) is 2.77. The van der Waals surface area contributed by atoms with Gasteiger partial charge in [0, 0.05) is 37.9 Å². The standard InChI is InChI=1S/C15H23ClN2O2Si/c1-21(2,3)7-6-20-11-18-10-13-9-14(16)8-12(4-5-19)15(13)17-18/h8-10,19H,4-7,11H2,1-3H3. The molecule has 1 N–H and O–H groups in total. The molecule has 0 aliphatic rings. The van der Waals surface area contributed by atoms with Gasteiger partial charge in [0.05, 0.1) is 5.52 Å². The second-order valence-corrected chi connectivity index (χ2v) is 12.6. The van der Waals surface area contributed by atoms with E-state index < -0.39 is 8.07 Å². The molecular formula is C15H23ClN2O2Si. The molecule has 0 aliphatic heterocycles. The normalized spacial score (nSPS) is 12.2. The number of rotatable bonds is 7. The minimum Gasteiger partial charge on any atom is -0.396 e. The second-order valence-electron chi connectivity index (χ2n) is 6.49. The van der Waals surface area contributed by atoms with Gasteiger partial charge < -0.3 is 9.84 Å². The van der Waals surface area contributed by atoms with E-state index in [4.69, 9.17) is 21.4 Å². The van der Waals surface area contributed by atoms with Crippen LogP contribution in [0.25, 0.3) is 10.9 Å². The highest BCUT2D eigenvalue weighted by Crippen LogP contribution is 2.23. The van der Waals surface area contributed by atoms with Crippen molar-refractivity contribution in [3.63, 3.8) is 0 Å². The third-order valence-electron chi connectivity index (χ3n) is 3.30. The Morgan fingerprint density at radius 3 is 2.76 bits per heavy atom. The first-order chi connectivity index (χ1) is 9.89. The molecule has 0 atom stereocenters. The van der Waals surface area contributed by atoms with Gasteiger partial charge in [-0.2, -0.15) is 5.10 Å². The molecule has 21 heavy (non-hydrogen) atoms. The SMILES string of the molecule is C[Si](C)(C)CCOCn1cc2cc(Cl)cc(CCO)c2n1. The van der Waals surface area contributed by atoms with Crippen molar-refractivity contribution in [3.05, 3.63) is 28.9 Å². The van der Waals surface area contributed by atoms with Crippen molar-refractivity contribution in [1.82, 2.24) is 9.78 Å². The maximum absolute atomic E-state index is 9.13. The van der Waals surface area contributed by atoms with Gasteiger partial charge in [-0.05, 0) is 30.2 Å². The Morgan fingerprint density at radius 1 is 1.33 bits per heavy atom. The van der Waals surface area contributed by atoms with Crippen molar-refractivity contribution in [3.8, 4) is 0 Å². The largest absolute Gasteiger partial charge is 0.396 e. The molecule has 0 saturated carbocycles. The van der Waals surface area contributed by atoms with Crippen LogP contribution in [-0.2, 0) is 17.9 Å². The van der Waals surface area contributed by atoms with E-state index in [-0.39, 0.29) is 6.61 Å². The van der Waals surface area contributed by atoms with E-state index in [0.717, 1.165) is 29.1 Å². The first-order valence-electron chi connectivity index (χ1n) is 7.23. The number of hydrogen-bond acceptors (Lipinski definition) is 3. The summed E-state index contributed by atoms with van der Waals surface area (Å²) in [7, 11) is -1.05. The summed E-state index contributed by atoms with van der Waals surface area (Å²) in [5.74, 6) is 0. The Hall–Kier alpha value is -0.883. The minimum absolute atomic E-state index is 0.0923. The van der Waals surface area contributed by atoms with Crippen LogP contribution >= 0.6 is 11.6 Å². The van der Waals surface area contributed by atoms with Crippen LogP contribution in [0.15, 0.2) is 18.3 Å². The molecule has 0 spiro atoms. The predicted octanol–water partition coefficient (Wildman–Crippen LogP) is 3.54. The molecule has 0 unspecified atom stereocenters. The molecule has 0 amide bonds. The zero-order chi connectivity index (χ0) is 15.5. The van der Waals surface area contributed by atoms with Crippen molar-refractivity contribution >= 4 is 30.6 Å². The summed E-state index contributed by atoms with van der Waals surface area (Å²) in [6.07, 6.45) is 2.50. The average molecular weight is 327 g/mol. The third-order valence-corrected chi connectivity index (χ3v) is 5.22. The van der Waals surface area contributed by atoms with Gasteiger partial charge >= 0.3 is 0 Å². The molecular weight excluding hydrogens is 304 g/mol. The number of fused-ring (bicyclic) bond motifs is 1. The van der Waals surface area contributed by atoms with Crippen LogP contribution in [0.3, 0.4) is 0 Å². The van der Waals surface area contributed by atoms with Gasteiger partial charge in [-0.15, -0.1) is 0 Å². The van der Waals surface area contributed by atoms with E-state index >= 15 is 0 Å². The second kappa shape index (κ2) is 6.92. The lowest BCUT2D eigenvalue weighted by molar-refractivity contribution is 0.0791. The van der Waals surface area contributed by atoms with Crippen LogP contribution < -0.4 is 0 Å². The number of aliphatic hydroxyl groups is 1. The fraction of sp³-hybridized carbons (Fsp3) is 0.533. The van der Waals surface area contributed by atoms with E-state index in [9.17, 15) is 0 Å². The van der Waals surface area contributed by atoms with E-state index in [1.165, 1.54) is 0 Å². The summed E-state index contributed by atoms with van der Waals surface area (Å²) in [5, 5.41) is 15.3. The molecule has 1 aromatic heterocycles. The molecule has 4 nitrogen and oxygen atoms in total. The highest BCUT2D eigenvalue weighted by atomic mass is 35.5. The van der Waals surface area contributed by atoms with E-state index in [1.54, 1.807) is 4.68 Å². The Morgan fingerprint density at radius 2 is 2.10 bits per heavy atom. The molecule has 0 radical (unpaired) electrons. The number of aliphatic hydroxyl groups excluding tert-OH is 1. The molecule has 1 heterocycles. The topological polar surface area (TPSA) is 47.3 Å². The van der Waals surface area contributed by atoms with Gasteiger partial charge in [-0.25, -0.2) is 4.68 Å². The highest BCUT2D eigenvalue weighted by Gasteiger charge is 2.12. The van der Waals surface area contributed by atoms with Crippen molar-refractivity contribution < 1.29 is 9.84 Å². The van der Waals surface area contributed by atoms with Gasteiger partial charge in [-0.1, -0.05) is 31.2 Å². The summed E-state index contributed by atoms with van der Waals surface area (Å²) < 4.78 is 7.51. The molecule has 2 rings (SSSR count). The van der Waals surface area contributed by atoms with Gasteiger partial charge in [0.15, 0.2) is 0 Å². The van der Waals surface area contributed by atoms with Gasteiger partial charge in [0.1, 0.15) is 6.73 Å². The van der Waals surface area contributed by atoms with Crippen LogP contribution in [0.1, 0.15) is 5.56 Å². The Labute approximate surface area is 131 Å². The molecule has 116 valence electrons. The summed E-state index contributed by atoms with van der Waals surface area (Å²) >= 11 is 6.10. The number of nitrogens with zero attached hydrogens (tertiary/aromatic N) is 2. The quantitative estimate of drug-likeness (QED) is 0.625. The lowest BCUT2D eigenvalue weighted by atomic mass is 10.1. The summed E-state index contributed by atoms with van der Waals surface area (Å²) in [4.78, 5) is 0. The molecule has 0 fully saturated rings. The molecule has 0 saturated heterocycles. The minimum atomic E-state index is -1.05. The predicted molar refractivity (Wildman–Crippen MR) is 89.6 cm³/mol. The molecule has 2 aromatic rings. The zero-order valence-electron chi connectivity index (χ0n) is 12.9. The smallest absolute Gasteiger partial charge is 0.139 e. The number of benzene rings is 1. The number of ether oxygens (including phenoxy) is 1. The molecule has 0 bridgehead atoms. The first-order valence-corrected chi connectivity index (χ1v) is 11.3. The zero-order valence-corrected chi connectivity index (χ0v) is 14.7. The highest BCUT2D eigenvalue weighted by molar-refractivity contribution is 6.76. The van der Waals surface area contributed by atoms with Crippen LogP contribution in [0.2, 0.25) is 30.7 Å². The maximum atomic E-state index is 9.13. The Bertz CT molecular complexity index is 607. The summed E-state index contributed by atoms with van der Waals surface area (Å²) in [6.45, 7) is 8.33. The molecule has 6 heteroatoms. The summed E-state index contributed by atoms with van der Waals surface area (Å²) in [5.41, 5.74) is 1.86. The fourth-order valence-corrected chi connectivity index (χ4v) is 3.14. The number of hydrogen-bond donors (Lipinski definition) is 1. The number of aromatic nitrogens is 2. The fourth-order valence-electron chi connectivity index (χ4n) is 2.13. The van der Waals surface area contributed by atoms with E-state index in [1.807, 2.05) is 18.3 Å². The maximum Gasteiger partial charge on any atom is 0.139 e. The van der Waals surface area contributed by atoms with Gasteiger partial charge in [-0.3, -0.25) is 0 Å². The summed E-state index contributed by atoms with van der Waals surface area (Å²) in [6, 6.07) is 4.90. The number of halogens is 1. The molecule has 1 aromatic carbocycles. The Kier molecular flexibility index (Phi) is 5.43.